The summed E-state index contributed by atoms with van der Waals surface area (Å²) in [6, 6.07) is 0. The van der Waals surface area contributed by atoms with E-state index in [-0.39, 0.29) is 33.0 Å². The Morgan fingerprint density at radius 2 is 1.11 bits per heavy atom. The lowest BCUT2D eigenvalue weighted by atomic mass is 8.53. The van der Waals surface area contributed by atoms with Crippen LogP contribution in [0.15, 0.2) is 0 Å². The Labute approximate surface area is 271 Å². The van der Waals surface area contributed by atoms with Crippen molar-refractivity contribution in [2.24, 2.45) is 0 Å². The molecular formula is C20H49B17I. The minimum absolute atomic E-state index is 0. The van der Waals surface area contributed by atoms with Crippen LogP contribution in [-0.2, 0) is 0 Å². The molecule has 38 heavy (non-hydrogen) atoms. The minimum Gasteiger partial charge on any atom is -0.0901 e. The molecule has 0 spiro atoms. The standard InChI is InChI=1S/C6H12B6.C5H10B11.C3H8.2C2H6.CH3I.CH4/c1-6-4-2-3-5-10(6)12(9)11(7)8;1-5-3-2-4-12(5)16(14(9)10)15(11-6)13(7)8;1-3-2;3*1-2;/h6H,2-5H2,1H3;5H,2-4H2,1H3;3H2,1-2H3;2*1-2H3;1H3;1H4/t6-;5-;;;;;/m00...../s1. The average molecular weight is 600 g/mol. The van der Waals surface area contributed by atoms with Gasteiger partial charge >= 0.3 is 0 Å². The van der Waals surface area contributed by atoms with E-state index in [9.17, 15) is 0 Å². The lowest BCUT2D eigenvalue weighted by Gasteiger charge is -2.33. The molecule has 0 bridgehead atoms. The summed E-state index contributed by atoms with van der Waals surface area (Å²) in [7, 11) is 47.6. The molecular weight excluding hydrogens is 551 g/mol. The monoisotopic (exact) mass is 603 g/mol. The zero-order chi connectivity index (χ0) is 30.1. The molecule has 0 aliphatic carbocycles. The molecule has 2 atom stereocenters. The molecule has 0 aromatic heterocycles. The molecule has 17 radical (unpaired) electrons. The molecule has 2 saturated heterocycles. The smallest absolute Gasteiger partial charge is 0.0901 e. The van der Waals surface area contributed by atoms with E-state index in [1.165, 1.54) is 44.8 Å². The Bertz CT molecular complexity index is 448. The van der Waals surface area contributed by atoms with Gasteiger partial charge in [0.2, 0.25) is 0 Å². The molecule has 0 unspecified atom stereocenters. The molecule has 2 fully saturated rings. The Morgan fingerprint density at radius 1 is 0.711 bits per heavy atom. The highest BCUT2D eigenvalue weighted by Crippen LogP contribution is 2.32. The van der Waals surface area contributed by atoms with Crippen LogP contribution in [0.3, 0.4) is 0 Å². The zero-order valence-corrected chi connectivity index (χ0v) is 28.2. The van der Waals surface area contributed by atoms with E-state index in [0.29, 0.717) is 24.8 Å². The molecule has 0 saturated carbocycles. The van der Waals surface area contributed by atoms with E-state index in [0.717, 1.165) is 6.32 Å². The van der Waals surface area contributed by atoms with Crippen LogP contribution >= 0.6 is 22.6 Å². The first-order chi connectivity index (χ1) is 17.5. The Balaban J connectivity index is -0.000000146. The predicted molar refractivity (Wildman–Crippen MR) is 215 cm³/mol. The van der Waals surface area contributed by atoms with Crippen molar-refractivity contribution >= 4 is 143 Å². The van der Waals surface area contributed by atoms with E-state index < -0.39 is 12.8 Å². The molecule has 2 heterocycles. The maximum absolute atomic E-state index is 5.93. The van der Waals surface area contributed by atoms with Crippen molar-refractivity contribution in [1.82, 2.24) is 0 Å². The second-order valence-corrected chi connectivity index (χ2v) is 9.86. The highest BCUT2D eigenvalue weighted by atomic mass is 127. The zero-order valence-electron chi connectivity index (χ0n) is 26.0. The van der Waals surface area contributed by atoms with Gasteiger partial charge in [0, 0.05) is 107 Å². The summed E-state index contributed by atoms with van der Waals surface area (Å²) in [4.78, 5) is 1.97. The third kappa shape index (κ3) is 21.5. The highest BCUT2D eigenvalue weighted by molar-refractivity contribution is 14.1. The summed E-state index contributed by atoms with van der Waals surface area (Å²) >= 11 is 2.15. The van der Waals surface area contributed by atoms with Gasteiger partial charge in [-0.05, 0) is 4.93 Å². The van der Waals surface area contributed by atoms with Gasteiger partial charge in [0.1, 0.15) is 0 Å². The highest BCUT2D eigenvalue weighted by Gasteiger charge is 2.42. The third-order valence-electron chi connectivity index (χ3n) is 7.09. The summed E-state index contributed by atoms with van der Waals surface area (Å²) in [5.74, 6) is 1.32. The van der Waals surface area contributed by atoms with Crippen LogP contribution < -0.4 is 0 Å². The number of rotatable bonds is 7. The average Bonchev–Trinajstić information content (AvgIpc) is 3.31. The molecule has 2 aliphatic rings. The first kappa shape index (κ1) is 49.5. The third-order valence-corrected chi connectivity index (χ3v) is 7.09. The molecule has 0 aromatic carbocycles. The van der Waals surface area contributed by atoms with Crippen molar-refractivity contribution in [3.8, 4) is 0 Å². The Morgan fingerprint density at radius 3 is 1.39 bits per heavy atom. The van der Waals surface area contributed by atoms with Crippen LogP contribution in [0.2, 0.25) is 24.3 Å². The van der Waals surface area contributed by atoms with Crippen molar-refractivity contribution in [2.45, 2.75) is 126 Å². The minimum atomic E-state index is -0.489. The predicted octanol–water partition coefficient (Wildman–Crippen LogP) is 3.26. The summed E-state index contributed by atoms with van der Waals surface area (Å²) < 4.78 is 0. The SMILES string of the molecule is C.CC.CC.CCC.CI.[B]B([B])B([B])B1CCCC[C@@H]1C.[B][B]B(B([B])[B])B(B([B])[B])B1CCC[C@@H]1C. The van der Waals surface area contributed by atoms with E-state index in [4.69, 9.17) is 61.9 Å². The fourth-order valence-corrected chi connectivity index (χ4v) is 5.29. The Hall–Kier alpha value is 1.83. The van der Waals surface area contributed by atoms with Gasteiger partial charge in [0.15, 0.2) is 0 Å². The Kier molecular flexibility index (Phi) is 43.4. The maximum atomic E-state index is 5.93. The van der Waals surface area contributed by atoms with E-state index in [1.807, 2.05) is 32.6 Å². The fourth-order valence-electron chi connectivity index (χ4n) is 5.29. The summed E-state index contributed by atoms with van der Waals surface area (Å²) in [6.45, 7) is 17.8. The van der Waals surface area contributed by atoms with E-state index in [1.54, 1.807) is 7.06 Å². The van der Waals surface area contributed by atoms with Crippen LogP contribution in [0.1, 0.15) is 101 Å². The van der Waals surface area contributed by atoms with Crippen LogP contribution in [-0.4, -0.2) is 125 Å². The summed E-state index contributed by atoms with van der Waals surface area (Å²) in [5, 5.41) is 0. The number of hydrogen-bond acceptors (Lipinski definition) is 0. The second kappa shape index (κ2) is 33.3. The second-order valence-electron chi connectivity index (χ2n) is 9.86. The van der Waals surface area contributed by atoms with Crippen LogP contribution in [0.4, 0.5) is 0 Å². The van der Waals surface area contributed by atoms with Crippen molar-refractivity contribution < 1.29 is 0 Å². The van der Waals surface area contributed by atoms with Gasteiger partial charge in [-0.1, -0.05) is 148 Å². The van der Waals surface area contributed by atoms with Gasteiger partial charge in [-0.25, -0.2) is 0 Å². The molecule has 2 aliphatic heterocycles. The van der Waals surface area contributed by atoms with Crippen molar-refractivity contribution in [3.05, 3.63) is 0 Å². The lowest BCUT2D eigenvalue weighted by Crippen LogP contribution is -2.68. The lowest BCUT2D eigenvalue weighted by molar-refractivity contribution is 0.654. The molecule has 0 nitrogen and oxygen atoms in total. The van der Waals surface area contributed by atoms with Gasteiger partial charge in [0.25, 0.3) is 0 Å². The molecule has 18 heteroatoms. The first-order valence-electron chi connectivity index (χ1n) is 14.7. The number of alkyl halides is 1. The van der Waals surface area contributed by atoms with Crippen LogP contribution in [0.25, 0.3) is 0 Å². The normalized spacial score (nSPS) is 16.6. The fraction of sp³-hybridized carbons (Fsp3) is 1.00. The molecule has 0 aromatic rings. The van der Waals surface area contributed by atoms with E-state index in [2.05, 4.69) is 50.3 Å². The van der Waals surface area contributed by atoms with Gasteiger partial charge in [-0.15, -0.1) is 0 Å². The maximum Gasteiger partial charge on any atom is 0.0938 e. The summed E-state index contributed by atoms with van der Waals surface area (Å²) in [6.07, 6.45) is 8.68. The van der Waals surface area contributed by atoms with Gasteiger partial charge in [0.05, 0.1) is 13.2 Å². The van der Waals surface area contributed by atoms with Crippen molar-refractivity contribution in [1.29, 1.82) is 0 Å². The van der Waals surface area contributed by atoms with Crippen LogP contribution in [0.5, 0.6) is 0 Å². The summed E-state index contributed by atoms with van der Waals surface area (Å²) in [5.41, 5.74) is 0. The van der Waals surface area contributed by atoms with Gasteiger partial charge in [-0.2, -0.15) is 0 Å². The largest absolute Gasteiger partial charge is 0.0938 e. The van der Waals surface area contributed by atoms with Gasteiger partial charge < -0.3 is 0 Å². The topological polar surface area (TPSA) is 0 Å². The molecule has 187 valence electrons. The first-order valence-corrected chi connectivity index (χ1v) is 16.9. The molecule has 2 rings (SSSR count). The van der Waals surface area contributed by atoms with Crippen LogP contribution in [0, 0.1) is 0 Å². The van der Waals surface area contributed by atoms with Gasteiger partial charge in [-0.3, -0.25) is 0 Å². The molecule has 0 N–H and O–H groups in total. The number of halogens is 1. The number of hydrogen-bond donors (Lipinski definition) is 0. The van der Waals surface area contributed by atoms with E-state index >= 15 is 0 Å². The van der Waals surface area contributed by atoms with Crippen molar-refractivity contribution in [2.75, 3.05) is 4.93 Å². The molecule has 0 amide bonds. The van der Waals surface area contributed by atoms with Crippen molar-refractivity contribution in [3.63, 3.8) is 0 Å². The quantitative estimate of drug-likeness (QED) is 0.239.